The standard InChI is InChI=1S/C21H17FN2O4/c22-15-6-4-12(5-7-15)14-9-18-21(19(25)10-14)17(11-20(26)23-18)13-2-1-3-16(8-13)24(27)28/h1-8,14,17H,9-11H2,(H,23,26). The van der Waals surface area contributed by atoms with E-state index in [-0.39, 0.29) is 42.0 Å². The van der Waals surface area contributed by atoms with E-state index in [1.165, 1.54) is 24.3 Å². The molecule has 2 aromatic carbocycles. The molecule has 0 radical (unpaired) electrons. The van der Waals surface area contributed by atoms with Crippen molar-refractivity contribution < 1.29 is 18.9 Å². The van der Waals surface area contributed by atoms with Crippen molar-refractivity contribution in [2.45, 2.75) is 31.1 Å². The maximum absolute atomic E-state index is 13.2. The summed E-state index contributed by atoms with van der Waals surface area (Å²) in [6.07, 6.45) is 0.794. The zero-order valence-electron chi connectivity index (χ0n) is 14.9. The van der Waals surface area contributed by atoms with Gasteiger partial charge in [-0.05, 0) is 35.6 Å². The van der Waals surface area contributed by atoms with Gasteiger partial charge in [0.1, 0.15) is 5.82 Å². The van der Waals surface area contributed by atoms with Gasteiger partial charge >= 0.3 is 0 Å². The quantitative estimate of drug-likeness (QED) is 0.649. The molecular weight excluding hydrogens is 363 g/mol. The van der Waals surface area contributed by atoms with Crippen molar-refractivity contribution in [2.75, 3.05) is 0 Å². The molecule has 2 atom stereocenters. The third-order valence-electron chi connectivity index (χ3n) is 5.36. The van der Waals surface area contributed by atoms with Crippen LogP contribution in [0, 0.1) is 15.9 Å². The summed E-state index contributed by atoms with van der Waals surface area (Å²) in [5, 5.41) is 13.9. The molecule has 0 aromatic heterocycles. The molecule has 0 saturated carbocycles. The smallest absolute Gasteiger partial charge is 0.269 e. The van der Waals surface area contributed by atoms with Gasteiger partial charge in [-0.15, -0.1) is 0 Å². The molecule has 1 aliphatic carbocycles. The highest BCUT2D eigenvalue weighted by atomic mass is 19.1. The Labute approximate surface area is 160 Å². The van der Waals surface area contributed by atoms with Crippen molar-refractivity contribution in [1.29, 1.82) is 0 Å². The van der Waals surface area contributed by atoms with E-state index in [1.54, 1.807) is 24.3 Å². The number of ketones is 1. The molecule has 1 N–H and O–H groups in total. The van der Waals surface area contributed by atoms with Crippen molar-refractivity contribution >= 4 is 17.4 Å². The van der Waals surface area contributed by atoms with Gasteiger partial charge < -0.3 is 5.32 Å². The third kappa shape index (κ3) is 3.31. The fraction of sp³-hybridized carbons (Fsp3) is 0.238. The fourth-order valence-electron chi connectivity index (χ4n) is 4.07. The summed E-state index contributed by atoms with van der Waals surface area (Å²) in [5.41, 5.74) is 2.45. The molecule has 2 aromatic rings. The van der Waals surface area contributed by atoms with E-state index < -0.39 is 10.8 Å². The predicted octanol–water partition coefficient (Wildman–Crippen LogP) is 3.74. The van der Waals surface area contributed by atoms with Gasteiger partial charge in [-0.1, -0.05) is 24.3 Å². The van der Waals surface area contributed by atoms with Gasteiger partial charge in [-0.3, -0.25) is 19.7 Å². The number of non-ortho nitro benzene ring substituents is 1. The van der Waals surface area contributed by atoms with Crippen LogP contribution in [0.2, 0.25) is 0 Å². The Morgan fingerprint density at radius 3 is 2.46 bits per heavy atom. The second-order valence-corrected chi connectivity index (χ2v) is 7.13. The van der Waals surface area contributed by atoms with Crippen LogP contribution in [-0.2, 0) is 9.59 Å². The fourth-order valence-corrected chi connectivity index (χ4v) is 4.07. The van der Waals surface area contributed by atoms with Gasteiger partial charge in [0.05, 0.1) is 4.92 Å². The number of nitro groups is 1. The first-order valence-electron chi connectivity index (χ1n) is 8.98. The molecule has 0 spiro atoms. The average molecular weight is 380 g/mol. The van der Waals surface area contributed by atoms with Gasteiger partial charge in [0.2, 0.25) is 5.91 Å². The molecule has 1 amide bonds. The van der Waals surface area contributed by atoms with Crippen LogP contribution in [-0.4, -0.2) is 16.6 Å². The highest BCUT2D eigenvalue weighted by Gasteiger charge is 2.38. The van der Waals surface area contributed by atoms with Crippen molar-refractivity contribution in [3.8, 4) is 0 Å². The Balaban J connectivity index is 1.71. The van der Waals surface area contributed by atoms with E-state index in [4.69, 9.17) is 0 Å². The number of Topliss-reactive ketones (excluding diaryl/α,β-unsaturated/α-hetero) is 1. The Hall–Kier alpha value is -3.35. The maximum atomic E-state index is 13.2. The topological polar surface area (TPSA) is 89.3 Å². The largest absolute Gasteiger partial charge is 0.329 e. The van der Waals surface area contributed by atoms with E-state index in [1.807, 2.05) is 0 Å². The number of rotatable bonds is 3. The van der Waals surface area contributed by atoms with Crippen LogP contribution in [0.25, 0.3) is 0 Å². The Bertz CT molecular complexity index is 1010. The van der Waals surface area contributed by atoms with Gasteiger partial charge in [0.25, 0.3) is 5.69 Å². The normalized spacial score (nSPS) is 21.9. The molecule has 28 heavy (non-hydrogen) atoms. The number of allylic oxidation sites excluding steroid dienone is 2. The number of carbonyl (C=O) groups excluding carboxylic acids is 2. The van der Waals surface area contributed by atoms with Gasteiger partial charge in [0.15, 0.2) is 5.78 Å². The lowest BCUT2D eigenvalue weighted by molar-refractivity contribution is -0.384. The Morgan fingerprint density at radius 1 is 1.00 bits per heavy atom. The molecule has 7 heteroatoms. The zero-order chi connectivity index (χ0) is 19.8. The number of nitrogens with zero attached hydrogens (tertiary/aromatic N) is 1. The Kier molecular flexibility index (Phi) is 4.50. The molecule has 1 aliphatic heterocycles. The number of hydrogen-bond donors (Lipinski definition) is 1. The minimum absolute atomic E-state index is 0.0712. The number of halogens is 1. The van der Waals surface area contributed by atoms with Crippen LogP contribution in [0.4, 0.5) is 10.1 Å². The number of nitrogens with one attached hydrogen (secondary N) is 1. The first-order valence-corrected chi connectivity index (χ1v) is 8.98. The number of nitro benzene ring substituents is 1. The zero-order valence-corrected chi connectivity index (χ0v) is 14.9. The molecule has 0 bridgehead atoms. The number of amides is 1. The summed E-state index contributed by atoms with van der Waals surface area (Å²) < 4.78 is 13.2. The summed E-state index contributed by atoms with van der Waals surface area (Å²) in [7, 11) is 0. The first-order chi connectivity index (χ1) is 13.4. The molecule has 0 fully saturated rings. The van der Waals surface area contributed by atoms with Crippen molar-refractivity contribution in [3.63, 3.8) is 0 Å². The predicted molar refractivity (Wildman–Crippen MR) is 99.0 cm³/mol. The summed E-state index contributed by atoms with van der Waals surface area (Å²) >= 11 is 0. The summed E-state index contributed by atoms with van der Waals surface area (Å²) in [6.45, 7) is 0. The average Bonchev–Trinajstić information content (AvgIpc) is 2.67. The van der Waals surface area contributed by atoms with Crippen LogP contribution in [0.3, 0.4) is 0 Å². The second kappa shape index (κ2) is 6.99. The molecule has 1 heterocycles. The lowest BCUT2D eigenvalue weighted by atomic mass is 9.73. The molecule has 2 unspecified atom stereocenters. The molecule has 0 saturated heterocycles. The lowest BCUT2D eigenvalue weighted by Crippen LogP contribution is -2.38. The Morgan fingerprint density at radius 2 is 1.75 bits per heavy atom. The molecule has 142 valence electrons. The first kappa shape index (κ1) is 18.0. The number of benzene rings is 2. The summed E-state index contributed by atoms with van der Waals surface area (Å²) in [5.74, 6) is -1.29. The molecule has 4 rings (SSSR count). The van der Waals surface area contributed by atoms with Gasteiger partial charge in [0, 0.05) is 42.2 Å². The van der Waals surface area contributed by atoms with Gasteiger partial charge in [-0.25, -0.2) is 4.39 Å². The lowest BCUT2D eigenvalue weighted by Gasteiger charge is -2.34. The van der Waals surface area contributed by atoms with Crippen molar-refractivity contribution in [1.82, 2.24) is 5.32 Å². The van der Waals surface area contributed by atoms with E-state index in [9.17, 15) is 24.1 Å². The van der Waals surface area contributed by atoms with Crippen LogP contribution in [0.1, 0.15) is 42.2 Å². The van der Waals surface area contributed by atoms with E-state index >= 15 is 0 Å². The van der Waals surface area contributed by atoms with E-state index in [2.05, 4.69) is 5.32 Å². The minimum atomic E-state index is -0.495. The number of hydrogen-bond acceptors (Lipinski definition) is 4. The highest BCUT2D eigenvalue weighted by Crippen LogP contribution is 2.42. The number of carbonyl (C=O) groups is 2. The monoisotopic (exact) mass is 380 g/mol. The summed E-state index contributed by atoms with van der Waals surface area (Å²) in [4.78, 5) is 35.8. The van der Waals surface area contributed by atoms with E-state index in [0.717, 1.165) is 5.56 Å². The van der Waals surface area contributed by atoms with Crippen LogP contribution < -0.4 is 5.32 Å². The van der Waals surface area contributed by atoms with Crippen LogP contribution in [0.5, 0.6) is 0 Å². The summed E-state index contributed by atoms with van der Waals surface area (Å²) in [6, 6.07) is 12.1. The van der Waals surface area contributed by atoms with Crippen LogP contribution in [0.15, 0.2) is 59.8 Å². The van der Waals surface area contributed by atoms with Crippen molar-refractivity contribution in [2.24, 2.45) is 0 Å². The minimum Gasteiger partial charge on any atom is -0.329 e. The van der Waals surface area contributed by atoms with Gasteiger partial charge in [-0.2, -0.15) is 0 Å². The van der Waals surface area contributed by atoms with Crippen LogP contribution >= 0.6 is 0 Å². The third-order valence-corrected chi connectivity index (χ3v) is 5.36. The molecule has 6 nitrogen and oxygen atoms in total. The highest BCUT2D eigenvalue weighted by molar-refractivity contribution is 6.02. The SMILES string of the molecule is O=C1CC(c2cccc([N+](=O)[O-])c2)C2=C(CC(c3ccc(F)cc3)CC2=O)N1. The van der Waals surface area contributed by atoms with E-state index in [0.29, 0.717) is 23.3 Å². The molecule has 2 aliphatic rings. The second-order valence-electron chi connectivity index (χ2n) is 7.13. The molecular formula is C21H17FN2O4. The van der Waals surface area contributed by atoms with Crippen molar-refractivity contribution in [3.05, 3.63) is 86.9 Å². The maximum Gasteiger partial charge on any atom is 0.269 e.